The lowest BCUT2D eigenvalue weighted by Gasteiger charge is -2.11. The highest BCUT2D eigenvalue weighted by molar-refractivity contribution is 6.03. The van der Waals surface area contributed by atoms with Crippen molar-refractivity contribution >= 4 is 28.3 Å². The fourth-order valence-corrected chi connectivity index (χ4v) is 3.15. The topological polar surface area (TPSA) is 99.5 Å². The SMILES string of the molecule is CCCCCn1nc(C(=O)OCC(=O)Nc2cccc(OC)c2)c2ccccc2c1=O. The summed E-state index contributed by atoms with van der Waals surface area (Å²) in [5.41, 5.74) is 0.286. The van der Waals surface area contributed by atoms with Gasteiger partial charge in [0.05, 0.1) is 12.5 Å². The van der Waals surface area contributed by atoms with Crippen LogP contribution in [-0.4, -0.2) is 35.4 Å². The minimum absolute atomic E-state index is 0.0147. The summed E-state index contributed by atoms with van der Waals surface area (Å²) in [6.45, 7) is 1.99. The van der Waals surface area contributed by atoms with Crippen molar-refractivity contribution < 1.29 is 19.1 Å². The van der Waals surface area contributed by atoms with Gasteiger partial charge in [0.1, 0.15) is 5.75 Å². The number of nitrogens with one attached hydrogen (secondary N) is 1. The molecule has 0 spiro atoms. The third-order valence-electron chi connectivity index (χ3n) is 4.72. The minimum atomic E-state index is -0.763. The molecule has 0 aliphatic heterocycles. The van der Waals surface area contributed by atoms with Crippen molar-refractivity contribution in [2.45, 2.75) is 32.7 Å². The molecule has 1 heterocycles. The second-order valence-electron chi connectivity index (χ2n) is 6.99. The van der Waals surface area contributed by atoms with Gasteiger partial charge in [-0.15, -0.1) is 0 Å². The number of ether oxygens (including phenoxy) is 2. The van der Waals surface area contributed by atoms with Crippen LogP contribution in [0.15, 0.2) is 53.3 Å². The number of methoxy groups -OCH3 is 1. The zero-order valence-corrected chi connectivity index (χ0v) is 17.6. The molecule has 0 fully saturated rings. The minimum Gasteiger partial charge on any atom is -0.497 e. The second kappa shape index (κ2) is 10.4. The number of nitrogens with zero attached hydrogens (tertiary/aromatic N) is 2. The molecule has 0 saturated carbocycles. The van der Waals surface area contributed by atoms with E-state index in [1.807, 2.05) is 0 Å². The maximum absolute atomic E-state index is 12.7. The van der Waals surface area contributed by atoms with Gasteiger partial charge >= 0.3 is 5.97 Å². The van der Waals surface area contributed by atoms with Gasteiger partial charge < -0.3 is 14.8 Å². The molecule has 8 nitrogen and oxygen atoms in total. The highest BCUT2D eigenvalue weighted by atomic mass is 16.5. The average molecular weight is 423 g/mol. The number of aromatic nitrogens is 2. The molecule has 31 heavy (non-hydrogen) atoms. The predicted molar refractivity (Wildman–Crippen MR) is 117 cm³/mol. The number of carbonyl (C=O) groups excluding carboxylic acids is 2. The molecular weight excluding hydrogens is 398 g/mol. The van der Waals surface area contributed by atoms with Crippen molar-refractivity contribution in [2.75, 3.05) is 19.0 Å². The molecule has 0 radical (unpaired) electrons. The number of carbonyl (C=O) groups is 2. The summed E-state index contributed by atoms with van der Waals surface area (Å²) in [6.07, 6.45) is 2.73. The van der Waals surface area contributed by atoms with Gasteiger partial charge in [0.25, 0.3) is 11.5 Å². The Balaban J connectivity index is 1.75. The molecule has 0 unspecified atom stereocenters. The molecule has 1 N–H and O–H groups in total. The summed E-state index contributed by atoms with van der Waals surface area (Å²) in [4.78, 5) is 37.6. The third kappa shape index (κ3) is 5.48. The Hall–Kier alpha value is -3.68. The first-order chi connectivity index (χ1) is 15.0. The Labute approximate surface area is 179 Å². The van der Waals surface area contributed by atoms with E-state index in [0.717, 1.165) is 19.3 Å². The maximum atomic E-state index is 12.7. The highest BCUT2D eigenvalue weighted by Crippen LogP contribution is 2.17. The van der Waals surface area contributed by atoms with Crippen LogP contribution in [0.4, 0.5) is 5.69 Å². The van der Waals surface area contributed by atoms with Crippen LogP contribution in [0.1, 0.15) is 36.7 Å². The van der Waals surface area contributed by atoms with Crippen molar-refractivity contribution in [2.24, 2.45) is 0 Å². The summed E-state index contributed by atoms with van der Waals surface area (Å²) in [5, 5.41) is 7.67. The molecule has 0 aliphatic rings. The number of hydrogen-bond acceptors (Lipinski definition) is 6. The average Bonchev–Trinajstić information content (AvgIpc) is 2.79. The van der Waals surface area contributed by atoms with Gasteiger partial charge in [-0.05, 0) is 24.6 Å². The van der Waals surface area contributed by atoms with Crippen LogP contribution in [-0.2, 0) is 16.1 Å². The summed E-state index contributed by atoms with van der Waals surface area (Å²) in [7, 11) is 1.53. The number of benzene rings is 2. The molecule has 1 aromatic heterocycles. The lowest BCUT2D eigenvalue weighted by Crippen LogP contribution is -2.28. The van der Waals surface area contributed by atoms with E-state index in [4.69, 9.17) is 9.47 Å². The molecule has 0 saturated heterocycles. The lowest BCUT2D eigenvalue weighted by molar-refractivity contribution is -0.119. The number of anilines is 1. The van der Waals surface area contributed by atoms with Gasteiger partial charge in [-0.2, -0.15) is 5.10 Å². The van der Waals surface area contributed by atoms with Crippen LogP contribution < -0.4 is 15.6 Å². The standard InChI is InChI=1S/C23H25N3O5/c1-3-4-7-13-26-22(28)19-12-6-5-11-18(19)21(25-26)23(29)31-15-20(27)24-16-9-8-10-17(14-16)30-2/h5-6,8-12,14H,3-4,7,13,15H2,1-2H3,(H,24,27). The van der Waals surface area contributed by atoms with Gasteiger partial charge in [-0.25, -0.2) is 9.48 Å². The maximum Gasteiger partial charge on any atom is 0.359 e. The van der Waals surface area contributed by atoms with E-state index in [0.29, 0.717) is 28.8 Å². The second-order valence-corrected chi connectivity index (χ2v) is 6.99. The highest BCUT2D eigenvalue weighted by Gasteiger charge is 2.19. The molecule has 2 aromatic carbocycles. The van der Waals surface area contributed by atoms with E-state index in [1.165, 1.54) is 11.8 Å². The molecule has 162 valence electrons. The number of unbranched alkanes of at least 4 members (excludes halogenated alkanes) is 2. The van der Waals surface area contributed by atoms with Crippen molar-refractivity contribution in [1.82, 2.24) is 9.78 Å². The van der Waals surface area contributed by atoms with Crippen LogP contribution in [0, 0.1) is 0 Å². The Morgan fingerprint density at radius 2 is 1.84 bits per heavy atom. The van der Waals surface area contributed by atoms with Gasteiger partial charge in [-0.1, -0.05) is 44.0 Å². The number of rotatable bonds is 9. The Morgan fingerprint density at radius 3 is 2.58 bits per heavy atom. The number of amides is 1. The molecular formula is C23H25N3O5. The van der Waals surface area contributed by atoms with Crippen molar-refractivity contribution in [3.8, 4) is 5.75 Å². The lowest BCUT2D eigenvalue weighted by atomic mass is 10.1. The molecule has 0 atom stereocenters. The van der Waals surface area contributed by atoms with Crippen LogP contribution in [0.2, 0.25) is 0 Å². The smallest absolute Gasteiger partial charge is 0.359 e. The van der Waals surface area contributed by atoms with E-state index < -0.39 is 18.5 Å². The van der Waals surface area contributed by atoms with E-state index >= 15 is 0 Å². The molecule has 3 aromatic rings. The first kappa shape index (κ1) is 22.0. The predicted octanol–water partition coefficient (Wildman–Crippen LogP) is 3.39. The Bertz CT molecular complexity index is 1140. The van der Waals surface area contributed by atoms with E-state index in [1.54, 1.807) is 48.5 Å². The fourth-order valence-electron chi connectivity index (χ4n) is 3.15. The van der Waals surface area contributed by atoms with Crippen molar-refractivity contribution in [1.29, 1.82) is 0 Å². The number of fused-ring (bicyclic) bond motifs is 1. The summed E-state index contributed by atoms with van der Waals surface area (Å²) < 4.78 is 11.6. The summed E-state index contributed by atoms with van der Waals surface area (Å²) in [6, 6.07) is 13.6. The van der Waals surface area contributed by atoms with E-state index in [-0.39, 0.29) is 11.3 Å². The summed E-state index contributed by atoms with van der Waals surface area (Å²) >= 11 is 0. The largest absolute Gasteiger partial charge is 0.497 e. The Morgan fingerprint density at radius 1 is 1.06 bits per heavy atom. The van der Waals surface area contributed by atoms with Crippen LogP contribution >= 0.6 is 0 Å². The summed E-state index contributed by atoms with van der Waals surface area (Å²) in [5.74, 6) is -0.667. The van der Waals surface area contributed by atoms with Crippen LogP contribution in [0.25, 0.3) is 10.8 Å². The normalized spacial score (nSPS) is 10.6. The number of esters is 1. The fraction of sp³-hybridized carbons (Fsp3) is 0.304. The zero-order chi connectivity index (χ0) is 22.2. The molecule has 0 bridgehead atoms. The van der Waals surface area contributed by atoms with Crippen molar-refractivity contribution in [3.05, 3.63) is 64.6 Å². The number of hydrogen-bond donors (Lipinski definition) is 1. The van der Waals surface area contributed by atoms with E-state index in [2.05, 4.69) is 17.3 Å². The van der Waals surface area contributed by atoms with Crippen LogP contribution in [0.3, 0.4) is 0 Å². The third-order valence-corrected chi connectivity index (χ3v) is 4.72. The first-order valence-electron chi connectivity index (χ1n) is 10.1. The molecule has 1 amide bonds. The van der Waals surface area contributed by atoms with Crippen LogP contribution in [0.5, 0.6) is 5.75 Å². The molecule has 0 aliphatic carbocycles. The van der Waals surface area contributed by atoms with Gasteiger partial charge in [0, 0.05) is 23.7 Å². The van der Waals surface area contributed by atoms with Gasteiger partial charge in [0.15, 0.2) is 12.3 Å². The van der Waals surface area contributed by atoms with Crippen molar-refractivity contribution in [3.63, 3.8) is 0 Å². The van der Waals surface area contributed by atoms with Gasteiger partial charge in [-0.3, -0.25) is 9.59 Å². The quantitative estimate of drug-likeness (QED) is 0.418. The zero-order valence-electron chi connectivity index (χ0n) is 17.6. The monoisotopic (exact) mass is 423 g/mol. The number of aryl methyl sites for hydroxylation is 1. The Kier molecular flexibility index (Phi) is 7.37. The molecule has 3 rings (SSSR count). The van der Waals surface area contributed by atoms with E-state index in [9.17, 15) is 14.4 Å². The first-order valence-corrected chi connectivity index (χ1v) is 10.1. The van der Waals surface area contributed by atoms with Gasteiger partial charge in [0.2, 0.25) is 0 Å². The molecule has 8 heteroatoms.